The van der Waals surface area contributed by atoms with Gasteiger partial charge in [0.25, 0.3) is 0 Å². The molecule has 5 nitrogen and oxygen atoms in total. The second-order valence-corrected chi connectivity index (χ2v) is 7.51. The number of nitrogens with two attached hydrogens (primary N) is 1. The first-order valence-electron chi connectivity index (χ1n) is 8.69. The molecule has 3 aromatic heterocycles. The fraction of sp³-hybridized carbons (Fsp3) is 0.316. The van der Waals surface area contributed by atoms with E-state index >= 15 is 0 Å². The van der Waals surface area contributed by atoms with Gasteiger partial charge in [0.05, 0.1) is 29.8 Å². The van der Waals surface area contributed by atoms with Gasteiger partial charge < -0.3 is 15.5 Å². The van der Waals surface area contributed by atoms with Gasteiger partial charge in [-0.05, 0) is 36.6 Å². The first-order chi connectivity index (χ1) is 13.0. The van der Waals surface area contributed by atoms with Gasteiger partial charge >= 0.3 is 0 Å². The van der Waals surface area contributed by atoms with Crippen molar-refractivity contribution in [1.82, 2.24) is 9.61 Å². The molecule has 0 saturated carbocycles. The Morgan fingerprint density at radius 1 is 1.44 bits per heavy atom. The summed E-state index contributed by atoms with van der Waals surface area (Å²) in [4.78, 5) is 0. The van der Waals surface area contributed by atoms with E-state index in [0.717, 1.165) is 28.1 Å². The Morgan fingerprint density at radius 3 is 2.96 bits per heavy atom. The summed E-state index contributed by atoms with van der Waals surface area (Å²) in [5.74, 6) is 0.556. The lowest BCUT2D eigenvalue weighted by Gasteiger charge is -2.26. The number of fused-ring (bicyclic) bond motifs is 1. The van der Waals surface area contributed by atoms with Crippen LogP contribution in [0.15, 0.2) is 40.8 Å². The number of hydrogen-bond donors (Lipinski definition) is 2. The van der Waals surface area contributed by atoms with Crippen LogP contribution >= 0.6 is 23.2 Å². The van der Waals surface area contributed by atoms with Crippen LogP contribution in [0, 0.1) is 6.92 Å². The molecule has 1 aliphatic rings. The molecular weight excluding hydrogens is 390 g/mol. The highest BCUT2D eigenvalue weighted by atomic mass is 35.5. The molecule has 8 heteroatoms. The summed E-state index contributed by atoms with van der Waals surface area (Å²) < 4.78 is 20.6. The number of allylic oxidation sites excluding steroid dienone is 1. The largest absolute Gasteiger partial charge is 0.467 e. The summed E-state index contributed by atoms with van der Waals surface area (Å²) >= 11 is 12.9. The molecule has 2 atom stereocenters. The van der Waals surface area contributed by atoms with Gasteiger partial charge in [0.1, 0.15) is 10.9 Å². The summed E-state index contributed by atoms with van der Waals surface area (Å²) in [6, 6.07) is 5.14. The van der Waals surface area contributed by atoms with Crippen molar-refractivity contribution in [2.45, 2.75) is 38.3 Å². The molecule has 0 bridgehead atoms. The molecule has 27 heavy (non-hydrogen) atoms. The van der Waals surface area contributed by atoms with Crippen molar-refractivity contribution in [3.63, 3.8) is 0 Å². The number of halogens is 3. The van der Waals surface area contributed by atoms with E-state index in [-0.39, 0.29) is 24.2 Å². The molecule has 0 spiro atoms. The Labute approximate surface area is 165 Å². The maximum Gasteiger partial charge on any atom is 0.152 e. The summed E-state index contributed by atoms with van der Waals surface area (Å²) in [5, 5.41) is 8.46. The van der Waals surface area contributed by atoms with Gasteiger partial charge in [-0.15, -0.1) is 0 Å². The molecule has 0 radical (unpaired) electrons. The molecule has 0 amide bonds. The van der Waals surface area contributed by atoms with Crippen LogP contribution in [0.3, 0.4) is 0 Å². The Hall–Kier alpha value is -2.02. The normalized spacial score (nSPS) is 20.1. The van der Waals surface area contributed by atoms with Crippen LogP contribution in [0.2, 0.25) is 10.3 Å². The number of anilines is 1. The molecule has 0 aliphatic heterocycles. The number of aryl methyl sites for hydroxylation is 1. The van der Waals surface area contributed by atoms with E-state index in [0.29, 0.717) is 23.3 Å². The zero-order valence-corrected chi connectivity index (χ0v) is 16.2. The summed E-state index contributed by atoms with van der Waals surface area (Å²) in [6.45, 7) is 2.48. The fourth-order valence-corrected chi connectivity index (χ4v) is 4.34. The van der Waals surface area contributed by atoms with Gasteiger partial charge in [0, 0.05) is 24.4 Å². The Morgan fingerprint density at radius 2 is 2.26 bits per heavy atom. The van der Waals surface area contributed by atoms with Gasteiger partial charge in [-0.1, -0.05) is 29.3 Å². The maximum absolute atomic E-state index is 13.6. The molecule has 0 aromatic carbocycles. The molecule has 3 N–H and O–H groups in total. The molecule has 0 saturated heterocycles. The number of aromatic nitrogens is 2. The molecule has 3 heterocycles. The minimum absolute atomic E-state index is 0.0737. The zero-order valence-electron chi connectivity index (χ0n) is 14.7. The standard InChI is InChI=1S/C19H19Cl2FN4O/c1-10-17(13-5-4-11(22)7-14(13)23)19(21)26-18(10)15(8-16(20)25-26)24-9-12-3-2-6-27-12/h2-4,6,8,13-14,24H,5,7,9,23H2,1H3/t13-,14-/m0/s1. The van der Waals surface area contributed by atoms with E-state index in [9.17, 15) is 4.39 Å². The quantitative estimate of drug-likeness (QED) is 0.621. The monoisotopic (exact) mass is 408 g/mol. The predicted molar refractivity (Wildman–Crippen MR) is 105 cm³/mol. The maximum atomic E-state index is 13.6. The van der Waals surface area contributed by atoms with Crippen LogP contribution in [0.5, 0.6) is 0 Å². The highest BCUT2D eigenvalue weighted by Crippen LogP contribution is 2.41. The number of nitrogens with one attached hydrogen (secondary N) is 1. The van der Waals surface area contributed by atoms with Crippen LogP contribution in [-0.4, -0.2) is 15.7 Å². The van der Waals surface area contributed by atoms with Gasteiger partial charge in [-0.25, -0.2) is 8.91 Å². The number of rotatable bonds is 4. The van der Waals surface area contributed by atoms with Crippen molar-refractivity contribution in [2.75, 3.05) is 5.32 Å². The number of hydrogen-bond acceptors (Lipinski definition) is 4. The summed E-state index contributed by atoms with van der Waals surface area (Å²) in [6.07, 6.45) is 3.93. The molecule has 0 unspecified atom stereocenters. The van der Waals surface area contributed by atoms with E-state index in [4.69, 9.17) is 33.4 Å². The molecule has 3 aromatic rings. The summed E-state index contributed by atoms with van der Waals surface area (Å²) in [7, 11) is 0. The van der Waals surface area contributed by atoms with Crippen molar-refractivity contribution in [3.05, 3.63) is 63.6 Å². The van der Waals surface area contributed by atoms with Crippen LogP contribution < -0.4 is 11.1 Å². The third-order valence-electron chi connectivity index (χ3n) is 5.04. The van der Waals surface area contributed by atoms with Crippen molar-refractivity contribution in [3.8, 4) is 0 Å². The Balaban J connectivity index is 1.79. The first kappa shape index (κ1) is 18.3. The van der Waals surface area contributed by atoms with Gasteiger partial charge in [0.15, 0.2) is 5.15 Å². The molecule has 1 aliphatic carbocycles. The third-order valence-corrected chi connectivity index (χ3v) is 5.59. The highest BCUT2D eigenvalue weighted by molar-refractivity contribution is 6.32. The van der Waals surface area contributed by atoms with Gasteiger partial charge in [-0.2, -0.15) is 5.10 Å². The van der Waals surface area contributed by atoms with E-state index in [1.165, 1.54) is 0 Å². The van der Waals surface area contributed by atoms with Crippen LogP contribution in [0.25, 0.3) is 5.52 Å². The first-order valence-corrected chi connectivity index (χ1v) is 9.45. The molecule has 0 fully saturated rings. The van der Waals surface area contributed by atoms with Crippen LogP contribution in [-0.2, 0) is 6.54 Å². The van der Waals surface area contributed by atoms with Gasteiger partial charge in [0.2, 0.25) is 0 Å². The average molecular weight is 409 g/mol. The second-order valence-electron chi connectivity index (χ2n) is 6.76. The van der Waals surface area contributed by atoms with E-state index in [1.54, 1.807) is 22.9 Å². The topological polar surface area (TPSA) is 68.5 Å². The number of nitrogens with zero attached hydrogens (tertiary/aromatic N) is 2. The minimum Gasteiger partial charge on any atom is -0.467 e. The number of furan rings is 1. The van der Waals surface area contributed by atoms with Crippen molar-refractivity contribution in [2.24, 2.45) is 5.73 Å². The molecule has 142 valence electrons. The lowest BCUT2D eigenvalue weighted by atomic mass is 9.83. The molecular formula is C19H19Cl2FN4O. The van der Waals surface area contributed by atoms with Gasteiger partial charge in [-0.3, -0.25) is 0 Å². The fourth-order valence-electron chi connectivity index (χ4n) is 3.75. The lowest BCUT2D eigenvalue weighted by Crippen LogP contribution is -2.31. The van der Waals surface area contributed by atoms with Crippen LogP contribution in [0.4, 0.5) is 10.1 Å². The van der Waals surface area contributed by atoms with Crippen molar-refractivity contribution >= 4 is 34.4 Å². The van der Waals surface area contributed by atoms with Crippen molar-refractivity contribution in [1.29, 1.82) is 0 Å². The SMILES string of the molecule is Cc1c([C@H]2CC=C(F)C[C@@H]2N)c(Cl)n2nc(Cl)cc(NCc3ccco3)c12. The zero-order chi connectivity index (χ0) is 19.1. The minimum atomic E-state index is -0.335. The summed E-state index contributed by atoms with van der Waals surface area (Å²) in [5.41, 5.74) is 9.70. The van der Waals surface area contributed by atoms with E-state index in [2.05, 4.69) is 10.4 Å². The lowest BCUT2D eigenvalue weighted by molar-refractivity contribution is 0.441. The van der Waals surface area contributed by atoms with Crippen LogP contribution in [0.1, 0.15) is 35.6 Å². The predicted octanol–water partition coefficient (Wildman–Crippen LogP) is 5.21. The highest BCUT2D eigenvalue weighted by Gasteiger charge is 2.31. The average Bonchev–Trinajstić information content (AvgIpc) is 3.22. The molecule has 4 rings (SSSR count). The third kappa shape index (κ3) is 3.33. The van der Waals surface area contributed by atoms with Crippen molar-refractivity contribution < 1.29 is 8.81 Å². The smallest absolute Gasteiger partial charge is 0.152 e. The van der Waals surface area contributed by atoms with E-state index < -0.39 is 0 Å². The second kappa shape index (κ2) is 7.19. The Kier molecular flexibility index (Phi) is 4.88. The Bertz CT molecular complexity index is 1010. The van der Waals surface area contributed by atoms with E-state index in [1.807, 2.05) is 19.1 Å².